The summed E-state index contributed by atoms with van der Waals surface area (Å²) >= 11 is -2.00. The first-order valence-electron chi connectivity index (χ1n) is 1.03. The minimum atomic E-state index is -2.00. The summed E-state index contributed by atoms with van der Waals surface area (Å²) in [5.74, 6) is 0. The number of halogens is 1. The summed E-state index contributed by atoms with van der Waals surface area (Å²) in [5, 5.41) is 0. The molecule has 0 aromatic rings. The molecule has 0 atom stereocenters. The van der Waals surface area contributed by atoms with E-state index in [2.05, 4.69) is 6.58 Å². The summed E-state index contributed by atoms with van der Waals surface area (Å²) in [6.07, 6.45) is 0.250. The SMILES string of the molecule is C=CF.[O]=[Ti]=[O]. The zero-order valence-electron chi connectivity index (χ0n) is 2.98. The predicted octanol–water partition coefficient (Wildman–Crippen LogP) is 0.859. The predicted molar refractivity (Wildman–Crippen MR) is 12.7 cm³/mol. The summed E-state index contributed by atoms with van der Waals surface area (Å²) in [6.45, 7) is 2.69. The first kappa shape index (κ1) is 9.37. The molecule has 0 aromatic carbocycles. The molecule has 0 aromatic heterocycles. The van der Waals surface area contributed by atoms with Gasteiger partial charge in [-0.15, -0.1) is 0 Å². The van der Waals surface area contributed by atoms with Crippen molar-refractivity contribution in [2.45, 2.75) is 0 Å². The normalized spacial score (nSPS) is 3.50. The Morgan fingerprint density at radius 1 is 1.67 bits per heavy atom. The van der Waals surface area contributed by atoms with Gasteiger partial charge in [-0.2, -0.15) is 0 Å². The third kappa shape index (κ3) is 144000. The molecule has 0 rings (SSSR count). The third-order valence-corrected chi connectivity index (χ3v) is 0. The number of hydrogen-bond donors (Lipinski definition) is 0. The second kappa shape index (κ2) is 20.1. The minimum absolute atomic E-state index is 0.250. The summed E-state index contributed by atoms with van der Waals surface area (Å²) in [7, 11) is 0. The molecule has 0 N–H and O–H groups in total. The van der Waals surface area contributed by atoms with E-state index in [1.807, 2.05) is 0 Å². The van der Waals surface area contributed by atoms with Crippen LogP contribution in [0.3, 0.4) is 0 Å². The standard InChI is InChI=1S/C2H3F.2O.Ti/c1-2-3;;;/h2H,1H2;;;. The van der Waals surface area contributed by atoms with Gasteiger partial charge in [-0.3, -0.25) is 0 Å². The Morgan fingerprint density at radius 2 is 1.67 bits per heavy atom. The molecule has 0 saturated carbocycles. The van der Waals surface area contributed by atoms with Crippen LogP contribution in [0.25, 0.3) is 0 Å². The molecular formula is C2H3FO2Ti. The van der Waals surface area contributed by atoms with Gasteiger partial charge in [-0.25, -0.2) is 4.39 Å². The zero-order valence-corrected chi connectivity index (χ0v) is 4.54. The Hall–Kier alpha value is -0.0157. The molecule has 0 heterocycles. The quantitative estimate of drug-likeness (QED) is 0.451. The van der Waals surface area contributed by atoms with Crippen LogP contribution in [-0.4, -0.2) is 0 Å². The van der Waals surface area contributed by atoms with Gasteiger partial charge in [0.05, 0.1) is 6.33 Å². The molecule has 0 saturated heterocycles. The van der Waals surface area contributed by atoms with Crippen LogP contribution < -0.4 is 0 Å². The van der Waals surface area contributed by atoms with E-state index in [0.29, 0.717) is 0 Å². The Labute approximate surface area is 43.6 Å². The molecule has 0 fully saturated rings. The monoisotopic (exact) mass is 126 g/mol. The first-order valence-corrected chi connectivity index (χ1v) is 2.31. The van der Waals surface area contributed by atoms with E-state index in [1.54, 1.807) is 0 Å². The molecule has 0 spiro atoms. The van der Waals surface area contributed by atoms with E-state index in [9.17, 15) is 4.39 Å². The van der Waals surface area contributed by atoms with Gasteiger partial charge in [-0.1, -0.05) is 6.58 Å². The maximum absolute atomic E-state index is 10.1. The summed E-state index contributed by atoms with van der Waals surface area (Å²) < 4.78 is 27.1. The van der Waals surface area contributed by atoms with Crippen molar-refractivity contribution in [2.24, 2.45) is 0 Å². The van der Waals surface area contributed by atoms with Crippen LogP contribution in [0.1, 0.15) is 0 Å². The molecule has 0 amide bonds. The fraction of sp³-hybridized carbons (Fsp3) is 0. The first-order chi connectivity index (χ1) is 2.83. The van der Waals surface area contributed by atoms with Crippen LogP contribution in [0, 0.1) is 0 Å². The average Bonchev–Trinajstić information content (AvgIpc) is 1.39. The van der Waals surface area contributed by atoms with Crippen LogP contribution >= 0.6 is 0 Å². The second-order valence-corrected chi connectivity index (χ2v) is 0.498. The summed E-state index contributed by atoms with van der Waals surface area (Å²) in [4.78, 5) is 0. The van der Waals surface area contributed by atoms with E-state index in [4.69, 9.17) is 6.65 Å². The van der Waals surface area contributed by atoms with Crippen LogP contribution in [0.5, 0.6) is 0 Å². The molecule has 0 aliphatic carbocycles. The van der Waals surface area contributed by atoms with Gasteiger partial charge in [0.1, 0.15) is 0 Å². The van der Waals surface area contributed by atoms with Crippen LogP contribution in [0.4, 0.5) is 4.39 Å². The van der Waals surface area contributed by atoms with Gasteiger partial charge in [0.15, 0.2) is 0 Å². The van der Waals surface area contributed by atoms with Crippen molar-refractivity contribution in [3.63, 3.8) is 0 Å². The van der Waals surface area contributed by atoms with Gasteiger partial charge >= 0.3 is 25.7 Å². The summed E-state index contributed by atoms with van der Waals surface area (Å²) in [5.41, 5.74) is 0. The van der Waals surface area contributed by atoms with E-state index < -0.39 is 19.1 Å². The van der Waals surface area contributed by atoms with Crippen molar-refractivity contribution in [2.75, 3.05) is 0 Å². The second-order valence-electron chi connectivity index (χ2n) is 0.238. The fourth-order valence-electron chi connectivity index (χ4n) is 0. The molecule has 0 unspecified atom stereocenters. The molecule has 34 valence electrons. The molecule has 4 heteroatoms. The fourth-order valence-corrected chi connectivity index (χ4v) is 0. The third-order valence-electron chi connectivity index (χ3n) is 0. The van der Waals surface area contributed by atoms with Crippen molar-refractivity contribution < 1.29 is 30.1 Å². The van der Waals surface area contributed by atoms with Crippen LogP contribution in [0.2, 0.25) is 0 Å². The molecule has 0 bridgehead atoms. The van der Waals surface area contributed by atoms with Gasteiger partial charge < -0.3 is 0 Å². The van der Waals surface area contributed by atoms with Gasteiger partial charge in [0, 0.05) is 0 Å². The van der Waals surface area contributed by atoms with Gasteiger partial charge in [0.25, 0.3) is 0 Å². The number of hydrogen-bond acceptors (Lipinski definition) is 2. The van der Waals surface area contributed by atoms with E-state index >= 15 is 0 Å². The average molecular weight is 126 g/mol. The molecule has 0 aliphatic heterocycles. The van der Waals surface area contributed by atoms with Crippen LogP contribution in [-0.2, 0) is 25.7 Å². The zero-order chi connectivity index (χ0) is 5.41. The van der Waals surface area contributed by atoms with E-state index in [1.165, 1.54) is 0 Å². The van der Waals surface area contributed by atoms with Crippen molar-refractivity contribution in [3.8, 4) is 0 Å². The van der Waals surface area contributed by atoms with Gasteiger partial charge in [0.2, 0.25) is 0 Å². The van der Waals surface area contributed by atoms with Crippen LogP contribution in [0.15, 0.2) is 12.9 Å². The Kier molecular flexibility index (Phi) is 31.4. The summed E-state index contributed by atoms with van der Waals surface area (Å²) in [6, 6.07) is 0. The van der Waals surface area contributed by atoms with Crippen molar-refractivity contribution >= 4 is 0 Å². The van der Waals surface area contributed by atoms with E-state index in [-0.39, 0.29) is 6.33 Å². The maximum atomic E-state index is 10.1. The van der Waals surface area contributed by atoms with Crippen molar-refractivity contribution in [1.29, 1.82) is 0 Å². The molecule has 6 heavy (non-hydrogen) atoms. The Balaban J connectivity index is 0. The van der Waals surface area contributed by atoms with Crippen molar-refractivity contribution in [1.82, 2.24) is 0 Å². The molecule has 0 radical (unpaired) electrons. The molecular weight excluding hydrogens is 123 g/mol. The molecule has 0 aliphatic rings. The Bertz CT molecular complexity index is 56.6. The molecule has 2 nitrogen and oxygen atoms in total. The number of rotatable bonds is 0. The van der Waals surface area contributed by atoms with E-state index in [0.717, 1.165) is 0 Å². The Morgan fingerprint density at radius 3 is 1.67 bits per heavy atom. The van der Waals surface area contributed by atoms with Crippen molar-refractivity contribution in [3.05, 3.63) is 12.9 Å². The topological polar surface area (TPSA) is 34.1 Å². The van der Waals surface area contributed by atoms with Gasteiger partial charge in [-0.05, 0) is 0 Å².